The smallest absolute Gasteiger partial charge is 0.294 e. The lowest BCUT2D eigenvalue weighted by molar-refractivity contribution is -0.127. The number of hydrogen-bond donors (Lipinski definition) is 2. The van der Waals surface area contributed by atoms with Gasteiger partial charge in [0.1, 0.15) is 12.3 Å². The molecule has 1 aliphatic rings. The van der Waals surface area contributed by atoms with Gasteiger partial charge in [-0.05, 0) is 107 Å². The zero-order valence-corrected chi connectivity index (χ0v) is 22.7. The highest BCUT2D eigenvalue weighted by molar-refractivity contribution is 14.1. The quantitative estimate of drug-likeness (QED) is 0.260. The fourth-order valence-corrected chi connectivity index (χ4v) is 4.59. The summed E-state index contributed by atoms with van der Waals surface area (Å²) in [6.45, 7) is 1.42. The van der Waals surface area contributed by atoms with Crippen LogP contribution in [-0.4, -0.2) is 41.0 Å². The molecule has 188 valence electrons. The normalized spacial score (nSPS) is 14.1. The van der Waals surface area contributed by atoms with E-state index in [1.807, 2.05) is 37.3 Å². The third kappa shape index (κ3) is 7.43. The van der Waals surface area contributed by atoms with Crippen molar-refractivity contribution in [3.8, 4) is 5.75 Å². The Morgan fingerprint density at radius 2 is 1.65 bits per heavy atom. The van der Waals surface area contributed by atoms with Crippen LogP contribution in [0.1, 0.15) is 11.1 Å². The van der Waals surface area contributed by atoms with Crippen LogP contribution < -0.4 is 15.4 Å². The van der Waals surface area contributed by atoms with Crippen LogP contribution >= 0.6 is 34.4 Å². The SMILES string of the molecule is Cc1cccc(NC(=O)COc2ccc(/C=C3/SC(=O)N(CC(=O)Nc4ccc(I)cc4)C3=O)cc2)c1. The molecule has 37 heavy (non-hydrogen) atoms. The molecule has 1 fully saturated rings. The van der Waals surface area contributed by atoms with E-state index in [9.17, 15) is 19.2 Å². The molecule has 0 atom stereocenters. The topological polar surface area (TPSA) is 105 Å². The number of benzene rings is 3. The molecule has 2 N–H and O–H groups in total. The molecule has 4 amide bonds. The van der Waals surface area contributed by atoms with Gasteiger partial charge in [-0.25, -0.2) is 0 Å². The lowest BCUT2D eigenvalue weighted by atomic mass is 10.2. The Kier molecular flexibility index (Phi) is 8.62. The summed E-state index contributed by atoms with van der Waals surface area (Å²) in [7, 11) is 0. The number of nitrogens with zero attached hydrogens (tertiary/aromatic N) is 1. The predicted molar refractivity (Wildman–Crippen MR) is 152 cm³/mol. The molecule has 10 heteroatoms. The standard InChI is InChI=1S/C27H22IN3O5S/c1-17-3-2-4-21(13-17)30-25(33)16-36-22-11-5-18(6-12-22)14-23-26(34)31(27(35)37-23)15-24(32)29-20-9-7-19(28)8-10-20/h2-14H,15-16H2,1H3,(H,29,32)(H,30,33)/b23-14+. The third-order valence-electron chi connectivity index (χ3n) is 5.15. The number of amides is 4. The highest BCUT2D eigenvalue weighted by atomic mass is 127. The molecule has 0 radical (unpaired) electrons. The van der Waals surface area contributed by atoms with Gasteiger partial charge in [0.25, 0.3) is 17.1 Å². The van der Waals surface area contributed by atoms with Crippen molar-refractivity contribution in [2.24, 2.45) is 0 Å². The van der Waals surface area contributed by atoms with Crippen LogP contribution in [0, 0.1) is 10.5 Å². The number of nitrogens with one attached hydrogen (secondary N) is 2. The molecule has 1 heterocycles. The fraction of sp³-hybridized carbons (Fsp3) is 0.111. The number of carbonyl (C=O) groups is 4. The van der Waals surface area contributed by atoms with Gasteiger partial charge in [0.2, 0.25) is 5.91 Å². The molecule has 8 nitrogen and oxygen atoms in total. The second-order valence-electron chi connectivity index (χ2n) is 8.10. The Balaban J connectivity index is 1.30. The largest absolute Gasteiger partial charge is 0.484 e. The predicted octanol–water partition coefficient (Wildman–Crippen LogP) is 5.29. The van der Waals surface area contributed by atoms with Gasteiger partial charge in [-0.1, -0.05) is 24.3 Å². The van der Waals surface area contributed by atoms with Crippen molar-refractivity contribution in [1.29, 1.82) is 0 Å². The van der Waals surface area contributed by atoms with Crippen molar-refractivity contribution in [2.45, 2.75) is 6.92 Å². The highest BCUT2D eigenvalue weighted by Gasteiger charge is 2.36. The average Bonchev–Trinajstić information content (AvgIpc) is 3.12. The van der Waals surface area contributed by atoms with E-state index in [2.05, 4.69) is 33.2 Å². The van der Waals surface area contributed by atoms with Gasteiger partial charge in [0, 0.05) is 14.9 Å². The number of rotatable bonds is 8. The van der Waals surface area contributed by atoms with Crippen LogP contribution in [0.5, 0.6) is 5.75 Å². The van der Waals surface area contributed by atoms with Gasteiger partial charge in [-0.2, -0.15) is 0 Å². The number of carbonyl (C=O) groups excluding carboxylic acids is 4. The van der Waals surface area contributed by atoms with Crippen LogP contribution in [0.15, 0.2) is 77.7 Å². The Labute approximate surface area is 231 Å². The number of ether oxygens (including phenoxy) is 1. The Hall–Kier alpha value is -3.64. The zero-order valence-electron chi connectivity index (χ0n) is 19.7. The summed E-state index contributed by atoms with van der Waals surface area (Å²) in [6.07, 6.45) is 1.58. The monoisotopic (exact) mass is 627 g/mol. The molecule has 0 unspecified atom stereocenters. The molecule has 1 aliphatic heterocycles. The van der Waals surface area contributed by atoms with Crippen LogP contribution in [0.3, 0.4) is 0 Å². The number of aryl methyl sites for hydroxylation is 1. The molecular formula is C27H22IN3O5S. The van der Waals surface area contributed by atoms with Gasteiger partial charge in [-0.3, -0.25) is 24.1 Å². The van der Waals surface area contributed by atoms with E-state index in [4.69, 9.17) is 4.74 Å². The van der Waals surface area contributed by atoms with E-state index in [1.54, 1.807) is 48.5 Å². The first-order valence-corrected chi connectivity index (χ1v) is 13.1. The van der Waals surface area contributed by atoms with Crippen molar-refractivity contribution < 1.29 is 23.9 Å². The molecule has 0 aliphatic carbocycles. The second-order valence-corrected chi connectivity index (χ2v) is 10.3. The summed E-state index contributed by atoms with van der Waals surface area (Å²) in [5.74, 6) is -0.787. The maximum absolute atomic E-state index is 12.7. The van der Waals surface area contributed by atoms with E-state index in [0.717, 1.165) is 25.8 Å². The van der Waals surface area contributed by atoms with Gasteiger partial charge in [0.15, 0.2) is 6.61 Å². The maximum atomic E-state index is 12.7. The Morgan fingerprint density at radius 3 is 2.35 bits per heavy atom. The first-order chi connectivity index (χ1) is 17.8. The fourth-order valence-electron chi connectivity index (χ4n) is 3.39. The summed E-state index contributed by atoms with van der Waals surface area (Å²) in [5, 5.41) is 4.95. The molecular weight excluding hydrogens is 605 g/mol. The van der Waals surface area contributed by atoms with Crippen LogP contribution in [0.4, 0.5) is 16.2 Å². The van der Waals surface area contributed by atoms with Crippen molar-refractivity contribution >= 4 is 74.8 Å². The minimum absolute atomic E-state index is 0.156. The molecule has 0 bridgehead atoms. The summed E-state index contributed by atoms with van der Waals surface area (Å²) >= 11 is 2.94. The number of halogens is 1. The lowest BCUT2D eigenvalue weighted by Gasteiger charge is -2.12. The summed E-state index contributed by atoms with van der Waals surface area (Å²) in [4.78, 5) is 50.7. The number of thioether (sulfide) groups is 1. The minimum atomic E-state index is -0.527. The van der Waals surface area contributed by atoms with Crippen molar-refractivity contribution in [2.75, 3.05) is 23.8 Å². The van der Waals surface area contributed by atoms with Gasteiger partial charge >= 0.3 is 0 Å². The molecule has 3 aromatic rings. The molecule has 4 rings (SSSR count). The van der Waals surface area contributed by atoms with E-state index in [0.29, 0.717) is 22.7 Å². The third-order valence-corrected chi connectivity index (χ3v) is 6.78. The Bertz CT molecular complexity index is 1370. The Morgan fingerprint density at radius 1 is 0.946 bits per heavy atom. The van der Waals surface area contributed by atoms with Crippen molar-refractivity contribution in [1.82, 2.24) is 4.90 Å². The summed E-state index contributed by atoms with van der Waals surface area (Å²) in [5.41, 5.74) is 3.00. The van der Waals surface area contributed by atoms with E-state index in [-0.39, 0.29) is 24.0 Å². The van der Waals surface area contributed by atoms with Gasteiger partial charge in [-0.15, -0.1) is 0 Å². The lowest BCUT2D eigenvalue weighted by Crippen LogP contribution is -2.36. The summed E-state index contributed by atoms with van der Waals surface area (Å²) in [6, 6.07) is 21.4. The first kappa shape index (κ1) is 26.4. The molecule has 0 aromatic heterocycles. The zero-order chi connectivity index (χ0) is 26.4. The van der Waals surface area contributed by atoms with Crippen LogP contribution in [0.2, 0.25) is 0 Å². The number of anilines is 2. The summed E-state index contributed by atoms with van der Waals surface area (Å²) < 4.78 is 6.56. The maximum Gasteiger partial charge on any atom is 0.294 e. The first-order valence-electron chi connectivity index (χ1n) is 11.2. The van der Waals surface area contributed by atoms with Crippen LogP contribution in [-0.2, 0) is 14.4 Å². The van der Waals surface area contributed by atoms with E-state index < -0.39 is 17.1 Å². The molecule has 0 spiro atoms. The number of imide groups is 1. The van der Waals surface area contributed by atoms with Crippen molar-refractivity contribution in [3.05, 3.63) is 92.4 Å². The van der Waals surface area contributed by atoms with Gasteiger partial charge < -0.3 is 15.4 Å². The molecule has 0 saturated carbocycles. The van der Waals surface area contributed by atoms with E-state index >= 15 is 0 Å². The number of hydrogen-bond acceptors (Lipinski definition) is 6. The second kappa shape index (κ2) is 12.1. The van der Waals surface area contributed by atoms with Gasteiger partial charge in [0.05, 0.1) is 4.91 Å². The van der Waals surface area contributed by atoms with E-state index in [1.165, 1.54) is 0 Å². The average molecular weight is 627 g/mol. The molecule has 3 aromatic carbocycles. The van der Waals surface area contributed by atoms with Crippen LogP contribution in [0.25, 0.3) is 6.08 Å². The molecule has 1 saturated heterocycles. The highest BCUT2D eigenvalue weighted by Crippen LogP contribution is 2.32. The van der Waals surface area contributed by atoms with Crippen molar-refractivity contribution in [3.63, 3.8) is 0 Å². The minimum Gasteiger partial charge on any atom is -0.484 e.